The molecule has 0 fully saturated rings. The molecule has 3 amide bonds. The molecule has 0 saturated carbocycles. The molecule has 0 bridgehead atoms. The molecular weight excluding hydrogens is 309 g/mol. The Kier molecular flexibility index (Phi) is 6.31. The van der Waals surface area contributed by atoms with Crippen LogP contribution in [-0.2, 0) is 11.3 Å². The third-order valence-electron chi connectivity index (χ3n) is 3.45. The van der Waals surface area contributed by atoms with E-state index in [0.717, 1.165) is 11.1 Å². The summed E-state index contributed by atoms with van der Waals surface area (Å²) in [6.07, 6.45) is 0. The SMILES string of the molecule is CC(NC(=O)CNC(=O)NCc1ccccc1)c1ccc(F)cc1. The number of rotatable bonds is 6. The van der Waals surface area contributed by atoms with E-state index in [1.165, 1.54) is 12.1 Å². The Hall–Kier alpha value is -2.89. The molecular formula is C18H20FN3O2. The van der Waals surface area contributed by atoms with Gasteiger partial charge in [0.05, 0.1) is 12.6 Å². The van der Waals surface area contributed by atoms with Crippen molar-refractivity contribution in [3.05, 3.63) is 71.5 Å². The first-order valence-electron chi connectivity index (χ1n) is 7.65. The number of hydrogen-bond acceptors (Lipinski definition) is 2. The minimum absolute atomic E-state index is 0.133. The lowest BCUT2D eigenvalue weighted by Crippen LogP contribution is -2.42. The van der Waals surface area contributed by atoms with E-state index in [4.69, 9.17) is 0 Å². The van der Waals surface area contributed by atoms with Gasteiger partial charge in [-0.05, 0) is 30.2 Å². The monoisotopic (exact) mass is 329 g/mol. The van der Waals surface area contributed by atoms with Crippen molar-refractivity contribution < 1.29 is 14.0 Å². The average molecular weight is 329 g/mol. The molecule has 2 rings (SSSR count). The van der Waals surface area contributed by atoms with E-state index in [1.54, 1.807) is 19.1 Å². The second-order valence-electron chi connectivity index (χ2n) is 5.36. The van der Waals surface area contributed by atoms with Gasteiger partial charge in [-0.15, -0.1) is 0 Å². The first-order valence-corrected chi connectivity index (χ1v) is 7.65. The van der Waals surface area contributed by atoms with Crippen molar-refractivity contribution in [2.45, 2.75) is 19.5 Å². The molecule has 3 N–H and O–H groups in total. The molecule has 1 unspecified atom stereocenters. The molecule has 0 spiro atoms. The Balaban J connectivity index is 1.70. The predicted molar refractivity (Wildman–Crippen MR) is 89.6 cm³/mol. The van der Waals surface area contributed by atoms with Crippen LogP contribution in [0.15, 0.2) is 54.6 Å². The highest BCUT2D eigenvalue weighted by Crippen LogP contribution is 2.12. The lowest BCUT2D eigenvalue weighted by molar-refractivity contribution is -0.120. The fraction of sp³-hybridized carbons (Fsp3) is 0.222. The largest absolute Gasteiger partial charge is 0.348 e. The fourth-order valence-corrected chi connectivity index (χ4v) is 2.13. The normalized spacial score (nSPS) is 11.4. The van der Waals surface area contributed by atoms with Crippen LogP contribution in [0.3, 0.4) is 0 Å². The van der Waals surface area contributed by atoms with E-state index < -0.39 is 6.03 Å². The number of benzene rings is 2. The van der Waals surface area contributed by atoms with Crippen LogP contribution in [0.25, 0.3) is 0 Å². The molecule has 126 valence electrons. The molecule has 0 saturated heterocycles. The number of halogens is 1. The maximum atomic E-state index is 12.9. The van der Waals surface area contributed by atoms with Crippen molar-refractivity contribution in [3.8, 4) is 0 Å². The van der Waals surface area contributed by atoms with Gasteiger partial charge in [0.2, 0.25) is 5.91 Å². The summed E-state index contributed by atoms with van der Waals surface area (Å²) in [5, 5.41) is 7.91. The third kappa shape index (κ3) is 5.72. The van der Waals surface area contributed by atoms with Crippen LogP contribution in [0, 0.1) is 5.82 Å². The Morgan fingerprint density at radius 2 is 1.67 bits per heavy atom. The second-order valence-corrected chi connectivity index (χ2v) is 5.36. The topological polar surface area (TPSA) is 70.2 Å². The number of nitrogens with one attached hydrogen (secondary N) is 3. The molecule has 0 aliphatic heterocycles. The standard InChI is InChI=1S/C18H20FN3O2/c1-13(15-7-9-16(19)10-8-15)22-17(23)12-21-18(24)20-11-14-5-3-2-4-6-14/h2-10,13H,11-12H2,1H3,(H,22,23)(H2,20,21,24). The highest BCUT2D eigenvalue weighted by Gasteiger charge is 2.10. The fourth-order valence-electron chi connectivity index (χ4n) is 2.13. The van der Waals surface area contributed by atoms with Crippen LogP contribution < -0.4 is 16.0 Å². The quantitative estimate of drug-likeness (QED) is 0.762. The van der Waals surface area contributed by atoms with Crippen LogP contribution in [0.4, 0.5) is 9.18 Å². The number of carbonyl (C=O) groups is 2. The van der Waals surface area contributed by atoms with Crippen LogP contribution >= 0.6 is 0 Å². The van der Waals surface area contributed by atoms with Crippen molar-refractivity contribution in [2.24, 2.45) is 0 Å². The summed E-state index contributed by atoms with van der Waals surface area (Å²) in [6, 6.07) is 14.7. The summed E-state index contributed by atoms with van der Waals surface area (Å²) in [5.74, 6) is -0.643. The van der Waals surface area contributed by atoms with Crippen LogP contribution in [0.5, 0.6) is 0 Å². The van der Waals surface area contributed by atoms with Gasteiger partial charge in [0, 0.05) is 6.54 Å². The highest BCUT2D eigenvalue weighted by atomic mass is 19.1. The predicted octanol–water partition coefficient (Wildman–Crippen LogP) is 2.50. The summed E-state index contributed by atoms with van der Waals surface area (Å²) in [6.45, 7) is 2.05. The van der Waals surface area contributed by atoms with Crippen molar-refractivity contribution in [1.82, 2.24) is 16.0 Å². The smallest absolute Gasteiger partial charge is 0.315 e. The van der Waals surface area contributed by atoms with E-state index >= 15 is 0 Å². The Bertz CT molecular complexity index is 674. The molecule has 5 nitrogen and oxygen atoms in total. The van der Waals surface area contributed by atoms with Crippen LogP contribution in [0.1, 0.15) is 24.1 Å². The first kappa shape index (κ1) is 17.5. The van der Waals surface area contributed by atoms with E-state index in [-0.39, 0.29) is 24.3 Å². The highest BCUT2D eigenvalue weighted by molar-refractivity contribution is 5.84. The lowest BCUT2D eigenvalue weighted by Gasteiger charge is -2.15. The lowest BCUT2D eigenvalue weighted by atomic mass is 10.1. The minimum Gasteiger partial charge on any atom is -0.348 e. The Labute approximate surface area is 140 Å². The van der Waals surface area contributed by atoms with E-state index in [1.807, 2.05) is 30.3 Å². The van der Waals surface area contributed by atoms with Gasteiger partial charge in [-0.2, -0.15) is 0 Å². The third-order valence-corrected chi connectivity index (χ3v) is 3.45. The zero-order chi connectivity index (χ0) is 17.4. The van der Waals surface area contributed by atoms with Crippen molar-refractivity contribution in [2.75, 3.05) is 6.54 Å². The number of urea groups is 1. The summed E-state index contributed by atoms with van der Waals surface area (Å²) in [4.78, 5) is 23.5. The van der Waals surface area contributed by atoms with Gasteiger partial charge < -0.3 is 16.0 Å². The van der Waals surface area contributed by atoms with Gasteiger partial charge in [-0.25, -0.2) is 9.18 Å². The molecule has 0 radical (unpaired) electrons. The van der Waals surface area contributed by atoms with Crippen molar-refractivity contribution >= 4 is 11.9 Å². The van der Waals surface area contributed by atoms with Gasteiger partial charge in [0.15, 0.2) is 0 Å². The van der Waals surface area contributed by atoms with Crippen molar-refractivity contribution in [3.63, 3.8) is 0 Å². The molecule has 2 aromatic rings. The molecule has 0 heterocycles. The number of carbonyl (C=O) groups excluding carboxylic acids is 2. The van der Waals surface area contributed by atoms with Crippen LogP contribution in [0.2, 0.25) is 0 Å². The van der Waals surface area contributed by atoms with E-state index in [2.05, 4.69) is 16.0 Å². The Morgan fingerprint density at radius 1 is 1.00 bits per heavy atom. The van der Waals surface area contributed by atoms with Crippen molar-refractivity contribution in [1.29, 1.82) is 0 Å². The Morgan fingerprint density at radius 3 is 2.33 bits per heavy atom. The molecule has 0 aliphatic carbocycles. The zero-order valence-corrected chi connectivity index (χ0v) is 13.4. The maximum absolute atomic E-state index is 12.9. The summed E-state index contributed by atoms with van der Waals surface area (Å²) in [5.41, 5.74) is 1.76. The zero-order valence-electron chi connectivity index (χ0n) is 13.4. The average Bonchev–Trinajstić information content (AvgIpc) is 2.59. The molecule has 0 aliphatic rings. The number of hydrogen-bond donors (Lipinski definition) is 3. The second kappa shape index (κ2) is 8.67. The molecule has 1 atom stereocenters. The van der Waals surface area contributed by atoms with Gasteiger partial charge in [-0.3, -0.25) is 4.79 Å². The summed E-state index contributed by atoms with van der Waals surface area (Å²) < 4.78 is 12.9. The molecule has 2 aromatic carbocycles. The molecule has 0 aromatic heterocycles. The molecule has 24 heavy (non-hydrogen) atoms. The van der Waals surface area contributed by atoms with E-state index in [0.29, 0.717) is 6.54 Å². The van der Waals surface area contributed by atoms with Gasteiger partial charge in [-0.1, -0.05) is 42.5 Å². The van der Waals surface area contributed by atoms with Gasteiger partial charge >= 0.3 is 6.03 Å². The minimum atomic E-state index is -0.413. The molecule has 6 heteroatoms. The maximum Gasteiger partial charge on any atom is 0.315 e. The van der Waals surface area contributed by atoms with Gasteiger partial charge in [0.1, 0.15) is 5.82 Å². The first-order chi connectivity index (χ1) is 11.5. The number of amides is 3. The van der Waals surface area contributed by atoms with Crippen LogP contribution in [-0.4, -0.2) is 18.5 Å². The summed E-state index contributed by atoms with van der Waals surface area (Å²) >= 11 is 0. The van der Waals surface area contributed by atoms with E-state index in [9.17, 15) is 14.0 Å². The summed E-state index contributed by atoms with van der Waals surface area (Å²) in [7, 11) is 0. The van der Waals surface area contributed by atoms with Gasteiger partial charge in [0.25, 0.3) is 0 Å².